The third-order valence-corrected chi connectivity index (χ3v) is 6.70. The van der Waals surface area contributed by atoms with E-state index in [0.29, 0.717) is 16.1 Å². The van der Waals surface area contributed by atoms with Gasteiger partial charge >= 0.3 is 0 Å². The van der Waals surface area contributed by atoms with E-state index in [1.807, 2.05) is 6.07 Å². The number of rotatable bonds is 4. The van der Waals surface area contributed by atoms with E-state index < -0.39 is 17.4 Å². The van der Waals surface area contributed by atoms with Gasteiger partial charge in [-0.15, -0.1) is 11.3 Å². The third kappa shape index (κ3) is 3.65. The number of amides is 1. The number of nitrogens with zero attached hydrogens (tertiary/aromatic N) is 2. The Morgan fingerprint density at radius 3 is 2.70 bits per heavy atom. The number of benzene rings is 2. The predicted molar refractivity (Wildman–Crippen MR) is 126 cm³/mol. The number of aromatic hydroxyl groups is 1. The molecule has 0 saturated carbocycles. The highest BCUT2D eigenvalue weighted by Crippen LogP contribution is 2.38. The Morgan fingerprint density at radius 1 is 1.33 bits per heavy atom. The summed E-state index contributed by atoms with van der Waals surface area (Å²) in [5, 5.41) is 20.0. The molecule has 1 aliphatic rings. The van der Waals surface area contributed by atoms with Gasteiger partial charge in [-0.1, -0.05) is 35.9 Å². The van der Waals surface area contributed by atoms with Crippen molar-refractivity contribution in [2.45, 2.75) is 5.92 Å². The summed E-state index contributed by atoms with van der Waals surface area (Å²) in [6.07, 6.45) is 1.57. The van der Waals surface area contributed by atoms with E-state index in [0.717, 1.165) is 15.9 Å². The topological polar surface area (TPSA) is 144 Å². The molecule has 0 aliphatic carbocycles. The van der Waals surface area contributed by atoms with Gasteiger partial charge in [-0.25, -0.2) is 0 Å². The number of aromatic nitrogens is 1. The van der Waals surface area contributed by atoms with E-state index in [2.05, 4.69) is 0 Å². The average Bonchev–Trinajstić information content (AvgIpc) is 3.10. The lowest BCUT2D eigenvalue weighted by atomic mass is 9.83. The number of methoxy groups -OCH3 is 1. The molecule has 33 heavy (non-hydrogen) atoms. The second-order valence-electron chi connectivity index (χ2n) is 7.13. The highest BCUT2D eigenvalue weighted by molar-refractivity contribution is 7.07. The lowest BCUT2D eigenvalue weighted by Gasteiger charge is -2.24. The maximum Gasteiger partial charge on any atom is 0.274 e. The van der Waals surface area contributed by atoms with E-state index in [1.54, 1.807) is 42.5 Å². The van der Waals surface area contributed by atoms with Gasteiger partial charge < -0.3 is 21.3 Å². The molecule has 1 aliphatic heterocycles. The van der Waals surface area contributed by atoms with Crippen molar-refractivity contribution in [3.8, 4) is 17.6 Å². The van der Waals surface area contributed by atoms with Gasteiger partial charge in [0.25, 0.3) is 5.56 Å². The van der Waals surface area contributed by atoms with Crippen LogP contribution in [0.2, 0.25) is 5.02 Å². The average molecular weight is 481 g/mol. The monoisotopic (exact) mass is 480 g/mol. The van der Waals surface area contributed by atoms with Crippen LogP contribution in [0.25, 0.3) is 17.5 Å². The summed E-state index contributed by atoms with van der Waals surface area (Å²) in [5.41, 5.74) is 12.6. The number of phenolic OH excluding ortho intramolecular Hbond substituents is 1. The van der Waals surface area contributed by atoms with Crippen LogP contribution in [0.1, 0.15) is 17.0 Å². The highest BCUT2D eigenvalue weighted by Gasteiger charge is 2.35. The molecule has 8 nitrogen and oxygen atoms in total. The lowest BCUT2D eigenvalue weighted by Crippen LogP contribution is -2.41. The van der Waals surface area contributed by atoms with E-state index in [4.69, 9.17) is 27.8 Å². The zero-order chi connectivity index (χ0) is 23.9. The number of phenols is 1. The van der Waals surface area contributed by atoms with Gasteiger partial charge in [0.15, 0.2) is 11.5 Å². The van der Waals surface area contributed by atoms with Gasteiger partial charge in [0.05, 0.1) is 34.8 Å². The number of hydrogen-bond acceptors (Lipinski definition) is 7. The van der Waals surface area contributed by atoms with E-state index in [1.165, 1.54) is 13.2 Å². The molecule has 2 aromatic carbocycles. The molecule has 1 aromatic heterocycles. The Bertz CT molecular complexity index is 1560. The largest absolute Gasteiger partial charge is 0.504 e. The van der Waals surface area contributed by atoms with Crippen LogP contribution in [0.4, 0.5) is 0 Å². The number of allylic oxidation sites excluding steroid dienone is 1. The second kappa shape index (κ2) is 8.50. The Labute approximate surface area is 196 Å². The van der Waals surface area contributed by atoms with Crippen molar-refractivity contribution >= 4 is 46.3 Å². The summed E-state index contributed by atoms with van der Waals surface area (Å²) in [7, 11) is 1.41. The summed E-state index contributed by atoms with van der Waals surface area (Å²) < 4.78 is 6.71. The van der Waals surface area contributed by atoms with Crippen LogP contribution >= 0.6 is 22.9 Å². The minimum Gasteiger partial charge on any atom is -0.504 e. The molecule has 0 bridgehead atoms. The first kappa shape index (κ1) is 22.2. The summed E-state index contributed by atoms with van der Waals surface area (Å²) >= 11 is 7.39. The van der Waals surface area contributed by atoms with Crippen molar-refractivity contribution < 1.29 is 14.6 Å². The standard InChI is InChI=1S/C23H17ClN4O4S/c1-32-16-8-11(6-7-15(16)29)9-17-22(31)28-20(26)13(10-25)18(12-4-2-3-5-14(12)24)19(21(27)30)23(28)33-17/h2-9,18,29H,26H2,1H3,(H2,27,30)/b17-9+. The summed E-state index contributed by atoms with van der Waals surface area (Å²) in [6.45, 7) is 0. The number of nitriles is 1. The van der Waals surface area contributed by atoms with E-state index >= 15 is 0 Å². The van der Waals surface area contributed by atoms with Crippen LogP contribution in [-0.2, 0) is 4.79 Å². The number of ether oxygens (including phenoxy) is 1. The molecule has 5 N–H and O–H groups in total. The Kier molecular flexibility index (Phi) is 5.72. The molecule has 0 saturated heterocycles. The van der Waals surface area contributed by atoms with Crippen LogP contribution in [0.3, 0.4) is 0 Å². The normalized spacial score (nSPS) is 15.8. The van der Waals surface area contributed by atoms with Gasteiger partial charge in [0.2, 0.25) is 5.91 Å². The molecule has 1 atom stereocenters. The highest BCUT2D eigenvalue weighted by atomic mass is 35.5. The number of carbonyl (C=O) groups excluding carboxylic acids is 1. The van der Waals surface area contributed by atoms with Crippen molar-refractivity contribution in [2.24, 2.45) is 11.5 Å². The molecule has 0 radical (unpaired) electrons. The summed E-state index contributed by atoms with van der Waals surface area (Å²) in [5.74, 6) is -1.62. The molecule has 1 unspecified atom stereocenters. The number of nitrogens with two attached hydrogens (primary N) is 2. The van der Waals surface area contributed by atoms with Crippen LogP contribution in [0, 0.1) is 11.3 Å². The number of fused-ring (bicyclic) bond motifs is 1. The third-order valence-electron chi connectivity index (χ3n) is 5.25. The van der Waals surface area contributed by atoms with E-state index in [9.17, 15) is 20.0 Å². The number of halogens is 1. The Balaban J connectivity index is 2.08. The van der Waals surface area contributed by atoms with Crippen molar-refractivity contribution in [1.29, 1.82) is 5.26 Å². The molecule has 4 rings (SSSR count). The molecule has 0 fully saturated rings. The fraction of sp³-hybridized carbons (Fsp3) is 0.0870. The smallest absolute Gasteiger partial charge is 0.274 e. The molecule has 2 heterocycles. The summed E-state index contributed by atoms with van der Waals surface area (Å²) in [6, 6.07) is 13.4. The maximum absolute atomic E-state index is 13.2. The van der Waals surface area contributed by atoms with Crippen molar-refractivity contribution in [3.63, 3.8) is 0 Å². The zero-order valence-electron chi connectivity index (χ0n) is 17.2. The number of hydrogen-bond donors (Lipinski definition) is 3. The molecular formula is C23H17ClN4O4S. The number of thiazole rings is 1. The Hall–Kier alpha value is -4.00. The van der Waals surface area contributed by atoms with Gasteiger partial charge in [-0.05, 0) is 35.4 Å². The SMILES string of the molecule is COc1cc(/C=c2/sc3n(c2=O)C(N)=C(C#N)C(c2ccccc2Cl)C=3C(N)=O)ccc1O. The molecule has 0 spiro atoms. The molecule has 1 amide bonds. The molecule has 3 aromatic rings. The maximum atomic E-state index is 13.2. The first-order valence-corrected chi connectivity index (χ1v) is 10.8. The second-order valence-corrected chi connectivity index (χ2v) is 8.57. The fourth-order valence-electron chi connectivity index (χ4n) is 3.74. The molecular weight excluding hydrogens is 464 g/mol. The Morgan fingerprint density at radius 2 is 2.06 bits per heavy atom. The number of carbonyl (C=O) groups is 1. The van der Waals surface area contributed by atoms with Crippen LogP contribution in [-0.4, -0.2) is 22.7 Å². The van der Waals surface area contributed by atoms with Crippen LogP contribution in [0.5, 0.6) is 11.5 Å². The predicted octanol–water partition coefficient (Wildman–Crippen LogP) is 1.19. The van der Waals surface area contributed by atoms with Crippen molar-refractivity contribution in [1.82, 2.24) is 4.57 Å². The first-order chi connectivity index (χ1) is 15.8. The lowest BCUT2D eigenvalue weighted by molar-refractivity contribution is -0.113. The van der Waals surface area contributed by atoms with Crippen LogP contribution in [0.15, 0.2) is 52.8 Å². The zero-order valence-corrected chi connectivity index (χ0v) is 18.8. The number of primary amides is 1. The summed E-state index contributed by atoms with van der Waals surface area (Å²) in [4.78, 5) is 25.8. The van der Waals surface area contributed by atoms with Gasteiger partial charge in [-0.3, -0.25) is 14.2 Å². The minimum atomic E-state index is -0.916. The van der Waals surface area contributed by atoms with Gasteiger partial charge in [0, 0.05) is 5.02 Å². The quantitative estimate of drug-likeness (QED) is 0.511. The first-order valence-electron chi connectivity index (χ1n) is 9.57. The molecule has 166 valence electrons. The van der Waals surface area contributed by atoms with Crippen molar-refractivity contribution in [3.05, 3.63) is 83.7 Å². The van der Waals surface area contributed by atoms with E-state index in [-0.39, 0.29) is 37.7 Å². The minimum absolute atomic E-state index is 0.00199. The van der Waals surface area contributed by atoms with Gasteiger partial charge in [-0.2, -0.15) is 5.26 Å². The van der Waals surface area contributed by atoms with Crippen molar-refractivity contribution in [2.75, 3.05) is 7.11 Å². The molecule has 10 heteroatoms. The van der Waals surface area contributed by atoms with Gasteiger partial charge in [0.1, 0.15) is 10.5 Å². The fourth-order valence-corrected chi connectivity index (χ4v) is 5.17. The van der Waals surface area contributed by atoms with Crippen LogP contribution < -0.4 is 31.0 Å².